The van der Waals surface area contributed by atoms with E-state index in [2.05, 4.69) is 0 Å². The summed E-state index contributed by atoms with van der Waals surface area (Å²) in [5, 5.41) is 0.831. The zero-order valence-electron chi connectivity index (χ0n) is 11.3. The highest BCUT2D eigenvalue weighted by Gasteiger charge is 2.16. The van der Waals surface area contributed by atoms with Crippen molar-refractivity contribution in [3.8, 4) is 0 Å². The third-order valence-electron chi connectivity index (χ3n) is 3.38. The molecule has 0 aliphatic heterocycles. The molecular formula is C17H12F2O2. The lowest BCUT2D eigenvalue weighted by Crippen LogP contribution is -2.04. The third kappa shape index (κ3) is 2.57. The number of fused-ring (bicyclic) bond motifs is 1. The lowest BCUT2D eigenvalue weighted by Gasteiger charge is -2.01. The number of hydrogen-bond donors (Lipinski definition) is 0. The van der Waals surface area contributed by atoms with Gasteiger partial charge in [0, 0.05) is 17.9 Å². The van der Waals surface area contributed by atoms with E-state index in [1.54, 1.807) is 6.07 Å². The number of furan rings is 1. The maximum atomic E-state index is 13.6. The van der Waals surface area contributed by atoms with Gasteiger partial charge >= 0.3 is 0 Å². The van der Waals surface area contributed by atoms with E-state index < -0.39 is 11.6 Å². The van der Waals surface area contributed by atoms with Gasteiger partial charge in [-0.1, -0.05) is 24.3 Å². The summed E-state index contributed by atoms with van der Waals surface area (Å²) in [7, 11) is 0. The number of para-hydroxylation sites is 1. The molecule has 1 heterocycles. The van der Waals surface area contributed by atoms with Gasteiger partial charge in [-0.2, -0.15) is 0 Å². The predicted octanol–water partition coefficient (Wildman–Crippen LogP) is 4.44. The predicted molar refractivity (Wildman–Crippen MR) is 75.3 cm³/mol. The average molecular weight is 286 g/mol. The first-order valence-electron chi connectivity index (χ1n) is 6.51. The second kappa shape index (κ2) is 5.13. The minimum Gasteiger partial charge on any atom is -0.453 e. The second-order valence-electron chi connectivity index (χ2n) is 4.94. The van der Waals surface area contributed by atoms with Crippen molar-refractivity contribution in [2.24, 2.45) is 0 Å². The van der Waals surface area contributed by atoms with Gasteiger partial charge in [-0.25, -0.2) is 8.78 Å². The van der Waals surface area contributed by atoms with Crippen LogP contribution >= 0.6 is 0 Å². The Morgan fingerprint density at radius 2 is 1.95 bits per heavy atom. The highest BCUT2D eigenvalue weighted by Crippen LogP contribution is 2.24. The number of halogens is 2. The van der Waals surface area contributed by atoms with Crippen molar-refractivity contribution in [3.05, 3.63) is 71.0 Å². The smallest absolute Gasteiger partial charge is 0.202 e. The summed E-state index contributed by atoms with van der Waals surface area (Å²) in [6.07, 6.45) is -0.162. The molecule has 2 nitrogen and oxygen atoms in total. The molecule has 0 bridgehead atoms. The lowest BCUT2D eigenvalue weighted by atomic mass is 10.1. The highest BCUT2D eigenvalue weighted by atomic mass is 19.1. The van der Waals surface area contributed by atoms with Crippen molar-refractivity contribution in [1.82, 2.24) is 0 Å². The number of aryl methyl sites for hydroxylation is 1. The monoisotopic (exact) mass is 286 g/mol. The van der Waals surface area contributed by atoms with Gasteiger partial charge in [0.15, 0.2) is 5.76 Å². The molecule has 21 heavy (non-hydrogen) atoms. The topological polar surface area (TPSA) is 30.2 Å². The first kappa shape index (κ1) is 13.5. The van der Waals surface area contributed by atoms with Crippen molar-refractivity contribution in [2.45, 2.75) is 13.3 Å². The molecule has 0 unspecified atom stereocenters. The number of carbonyl (C=O) groups excluding carboxylic acids is 1. The Bertz CT molecular complexity index is 834. The van der Waals surface area contributed by atoms with Crippen LogP contribution in [0.25, 0.3) is 11.0 Å². The van der Waals surface area contributed by atoms with Gasteiger partial charge in [0.1, 0.15) is 17.2 Å². The quantitative estimate of drug-likeness (QED) is 0.666. The standard InChI is InChI=1S/C17H12F2O2/c1-10-3-2-4-12-8-16(21-17(10)12)15(20)7-11-5-6-13(18)9-14(11)19/h2-6,8-9H,7H2,1H3. The number of benzene rings is 2. The van der Waals surface area contributed by atoms with Gasteiger partial charge < -0.3 is 4.42 Å². The van der Waals surface area contributed by atoms with E-state index in [0.29, 0.717) is 5.58 Å². The summed E-state index contributed by atoms with van der Waals surface area (Å²) < 4.78 is 32.0. The van der Waals surface area contributed by atoms with Gasteiger partial charge in [-0.3, -0.25) is 4.79 Å². The molecule has 0 saturated carbocycles. The fraction of sp³-hybridized carbons (Fsp3) is 0.118. The van der Waals surface area contributed by atoms with Crippen LogP contribution in [0.3, 0.4) is 0 Å². The molecule has 0 N–H and O–H groups in total. The maximum absolute atomic E-state index is 13.6. The SMILES string of the molecule is Cc1cccc2cc(C(=O)Cc3ccc(F)cc3F)oc12. The van der Waals surface area contributed by atoms with Gasteiger partial charge in [0.05, 0.1) is 0 Å². The Labute approximate surface area is 120 Å². The van der Waals surface area contributed by atoms with E-state index >= 15 is 0 Å². The van der Waals surface area contributed by atoms with E-state index in [1.165, 1.54) is 6.07 Å². The van der Waals surface area contributed by atoms with Crippen LogP contribution in [0.1, 0.15) is 21.7 Å². The van der Waals surface area contributed by atoms with Crippen molar-refractivity contribution in [1.29, 1.82) is 0 Å². The number of carbonyl (C=O) groups is 1. The number of rotatable bonds is 3. The maximum Gasteiger partial charge on any atom is 0.202 e. The molecule has 3 rings (SSSR count). The van der Waals surface area contributed by atoms with Crippen LogP contribution in [0.5, 0.6) is 0 Å². The summed E-state index contributed by atoms with van der Waals surface area (Å²) in [4.78, 5) is 12.2. The van der Waals surface area contributed by atoms with E-state index in [9.17, 15) is 13.6 Å². The zero-order valence-corrected chi connectivity index (χ0v) is 11.3. The Balaban J connectivity index is 1.92. The molecule has 0 atom stereocenters. The molecule has 106 valence electrons. The van der Waals surface area contributed by atoms with E-state index in [-0.39, 0.29) is 23.5 Å². The molecule has 0 aliphatic rings. The first-order valence-corrected chi connectivity index (χ1v) is 6.51. The Morgan fingerprint density at radius 3 is 2.67 bits per heavy atom. The van der Waals surface area contributed by atoms with Crippen molar-refractivity contribution in [3.63, 3.8) is 0 Å². The lowest BCUT2D eigenvalue weighted by molar-refractivity contribution is 0.0967. The molecular weight excluding hydrogens is 274 g/mol. The second-order valence-corrected chi connectivity index (χ2v) is 4.94. The van der Waals surface area contributed by atoms with Gasteiger partial charge in [0.25, 0.3) is 0 Å². The number of hydrogen-bond acceptors (Lipinski definition) is 2. The molecule has 4 heteroatoms. The van der Waals surface area contributed by atoms with Crippen LogP contribution in [-0.2, 0) is 6.42 Å². The minimum absolute atomic E-state index is 0.151. The van der Waals surface area contributed by atoms with Crippen LogP contribution in [0.4, 0.5) is 8.78 Å². The summed E-state index contributed by atoms with van der Waals surface area (Å²) in [6, 6.07) is 10.4. The fourth-order valence-corrected chi connectivity index (χ4v) is 2.27. The fourth-order valence-electron chi connectivity index (χ4n) is 2.27. The molecule has 0 saturated heterocycles. The number of Topliss-reactive ketones (excluding diaryl/α,β-unsaturated/α-hetero) is 1. The highest BCUT2D eigenvalue weighted by molar-refractivity contribution is 5.99. The van der Waals surface area contributed by atoms with Crippen LogP contribution in [-0.4, -0.2) is 5.78 Å². The minimum atomic E-state index is -0.726. The summed E-state index contributed by atoms with van der Waals surface area (Å²) in [5.41, 5.74) is 1.73. The summed E-state index contributed by atoms with van der Waals surface area (Å²) in [5.74, 6) is -1.54. The zero-order chi connectivity index (χ0) is 15.0. The molecule has 0 amide bonds. The van der Waals surface area contributed by atoms with Crippen molar-refractivity contribution in [2.75, 3.05) is 0 Å². The molecule has 1 aromatic heterocycles. The molecule has 0 aliphatic carbocycles. The molecule has 0 fully saturated rings. The summed E-state index contributed by atoms with van der Waals surface area (Å²) in [6.45, 7) is 1.89. The van der Waals surface area contributed by atoms with Gasteiger partial charge in [-0.05, 0) is 30.2 Å². The van der Waals surface area contributed by atoms with Crippen molar-refractivity contribution < 1.29 is 18.0 Å². The Morgan fingerprint density at radius 1 is 1.14 bits per heavy atom. The van der Waals surface area contributed by atoms with Gasteiger partial charge in [0.2, 0.25) is 5.78 Å². The normalized spacial score (nSPS) is 11.0. The number of ketones is 1. The third-order valence-corrected chi connectivity index (χ3v) is 3.38. The van der Waals surface area contributed by atoms with E-state index in [4.69, 9.17) is 4.42 Å². The van der Waals surface area contributed by atoms with Crippen molar-refractivity contribution >= 4 is 16.8 Å². The Hall–Kier alpha value is -2.49. The van der Waals surface area contributed by atoms with Crippen LogP contribution in [0.2, 0.25) is 0 Å². The molecule has 0 radical (unpaired) electrons. The molecule has 0 spiro atoms. The van der Waals surface area contributed by atoms with Gasteiger partial charge in [-0.15, -0.1) is 0 Å². The molecule has 3 aromatic rings. The average Bonchev–Trinajstić information content (AvgIpc) is 2.87. The Kier molecular flexibility index (Phi) is 3.29. The summed E-state index contributed by atoms with van der Waals surface area (Å²) >= 11 is 0. The van der Waals surface area contributed by atoms with Crippen LogP contribution < -0.4 is 0 Å². The van der Waals surface area contributed by atoms with Crippen LogP contribution in [0.15, 0.2) is 46.9 Å². The van der Waals surface area contributed by atoms with Crippen LogP contribution in [0, 0.1) is 18.6 Å². The first-order chi connectivity index (χ1) is 10.0. The van der Waals surface area contributed by atoms with E-state index in [1.807, 2.05) is 25.1 Å². The molecule has 2 aromatic carbocycles. The largest absolute Gasteiger partial charge is 0.453 e. The van der Waals surface area contributed by atoms with E-state index in [0.717, 1.165) is 23.1 Å².